The van der Waals surface area contributed by atoms with Gasteiger partial charge in [-0.1, -0.05) is 155 Å². The lowest BCUT2D eigenvalue weighted by molar-refractivity contribution is 0.332. The summed E-state index contributed by atoms with van der Waals surface area (Å²) >= 11 is 0. The molecule has 9 aromatic carbocycles. The highest BCUT2D eigenvalue weighted by atomic mass is 15.2. The van der Waals surface area contributed by atoms with Crippen LogP contribution in [-0.2, 0) is 10.8 Å². The maximum Gasteiger partial charge on any atom is 0.238 e. The number of aromatic nitrogens is 5. The number of rotatable bonds is 4. The van der Waals surface area contributed by atoms with E-state index in [1.165, 1.54) is 76.0 Å². The third kappa shape index (κ3) is 5.40. The minimum absolute atomic E-state index is 0.0407. The minimum Gasteiger partial charge on any atom is -0.309 e. The van der Waals surface area contributed by atoms with Crippen LogP contribution in [0, 0.1) is 0 Å². The van der Waals surface area contributed by atoms with Crippen molar-refractivity contribution in [2.75, 3.05) is 0 Å². The van der Waals surface area contributed by atoms with Crippen LogP contribution in [-0.4, -0.2) is 24.1 Å². The Labute approximate surface area is 371 Å². The van der Waals surface area contributed by atoms with Crippen molar-refractivity contribution < 1.29 is 0 Å². The van der Waals surface area contributed by atoms with Gasteiger partial charge in [0.2, 0.25) is 5.95 Å². The number of hydrogen-bond acceptors (Lipinski definition) is 3. The molecular formula is C59H45N5. The highest BCUT2D eigenvalue weighted by Gasteiger charge is 2.38. The van der Waals surface area contributed by atoms with E-state index in [-0.39, 0.29) is 10.8 Å². The lowest BCUT2D eigenvalue weighted by Gasteiger charge is -2.42. The monoisotopic (exact) mass is 823 g/mol. The summed E-state index contributed by atoms with van der Waals surface area (Å²) in [5.74, 6) is 1.85. The van der Waals surface area contributed by atoms with Gasteiger partial charge < -0.3 is 4.57 Å². The van der Waals surface area contributed by atoms with Gasteiger partial charge in [-0.25, -0.2) is 4.98 Å². The van der Waals surface area contributed by atoms with Gasteiger partial charge in [-0.3, -0.25) is 4.57 Å². The molecule has 5 heteroatoms. The van der Waals surface area contributed by atoms with Crippen molar-refractivity contribution in [3.63, 3.8) is 0 Å². The predicted octanol–water partition coefficient (Wildman–Crippen LogP) is 15.2. The number of fused-ring (bicyclic) bond motifs is 13. The molecule has 0 bridgehead atoms. The summed E-state index contributed by atoms with van der Waals surface area (Å²) in [5.41, 5.74) is 10.6. The highest BCUT2D eigenvalue weighted by molar-refractivity contribution is 6.33. The van der Waals surface area contributed by atoms with Crippen LogP contribution >= 0.6 is 0 Å². The third-order valence-corrected chi connectivity index (χ3v) is 14.4. The van der Waals surface area contributed by atoms with Gasteiger partial charge in [0.15, 0.2) is 11.6 Å². The van der Waals surface area contributed by atoms with Gasteiger partial charge in [0.1, 0.15) is 0 Å². The molecule has 5 nitrogen and oxygen atoms in total. The zero-order chi connectivity index (χ0) is 42.9. The summed E-state index contributed by atoms with van der Waals surface area (Å²) in [7, 11) is 0. The molecule has 3 heterocycles. The molecule has 306 valence electrons. The molecule has 0 saturated carbocycles. The largest absolute Gasteiger partial charge is 0.309 e. The highest BCUT2D eigenvalue weighted by Crippen LogP contribution is 2.50. The van der Waals surface area contributed by atoms with Crippen LogP contribution in [0.4, 0.5) is 0 Å². The van der Waals surface area contributed by atoms with Crippen LogP contribution in [0.1, 0.15) is 51.7 Å². The van der Waals surface area contributed by atoms with Crippen LogP contribution in [0.3, 0.4) is 0 Å². The van der Waals surface area contributed by atoms with Crippen molar-refractivity contribution in [2.24, 2.45) is 0 Å². The molecule has 1 aliphatic rings. The molecule has 0 fully saturated rings. The Bertz CT molecular complexity index is 3890. The summed E-state index contributed by atoms with van der Waals surface area (Å²) in [5, 5.41) is 12.1. The molecule has 0 N–H and O–H groups in total. The normalized spacial score (nSPS) is 14.7. The smallest absolute Gasteiger partial charge is 0.238 e. The minimum atomic E-state index is 0.0407. The first-order chi connectivity index (χ1) is 31.2. The van der Waals surface area contributed by atoms with Crippen LogP contribution in [0.5, 0.6) is 0 Å². The molecule has 0 amide bonds. The average molecular weight is 824 g/mol. The summed E-state index contributed by atoms with van der Waals surface area (Å²) in [6.45, 7) is 9.71. The molecule has 0 saturated heterocycles. The molecule has 0 atom stereocenters. The van der Waals surface area contributed by atoms with Crippen LogP contribution < -0.4 is 0 Å². The van der Waals surface area contributed by atoms with Gasteiger partial charge in [-0.05, 0) is 116 Å². The second-order valence-electron chi connectivity index (χ2n) is 19.1. The van der Waals surface area contributed by atoms with E-state index in [1.807, 2.05) is 18.2 Å². The zero-order valence-electron chi connectivity index (χ0n) is 36.4. The maximum absolute atomic E-state index is 5.46. The molecule has 1 aliphatic carbocycles. The summed E-state index contributed by atoms with van der Waals surface area (Å²) in [4.78, 5) is 16.1. The second kappa shape index (κ2) is 13.4. The van der Waals surface area contributed by atoms with E-state index < -0.39 is 0 Å². The van der Waals surface area contributed by atoms with Crippen molar-refractivity contribution in [1.29, 1.82) is 0 Å². The van der Waals surface area contributed by atoms with Gasteiger partial charge in [0, 0.05) is 38.4 Å². The van der Waals surface area contributed by atoms with Crippen molar-refractivity contribution in [3.8, 4) is 34.4 Å². The molecule has 0 unspecified atom stereocenters. The lowest BCUT2D eigenvalue weighted by Crippen LogP contribution is -2.33. The standard InChI is InChI=1S/C59H45N5/c1-58(2)31-32-59(3,4)47-35-51-45(34-46(47)58)53-48(63(51)41-19-9-6-10-20-41)29-30-50-54(53)52-43-22-14-12-16-37(43)27-28-49(52)64(50)57-61-55(39-17-7-5-8-18-39)60-56(62-57)40-26-25-38-24-23-36-15-11-13-21-42(36)44(38)33-40/h5-30,33-35H,31-32H2,1-4H3. The van der Waals surface area contributed by atoms with Gasteiger partial charge in [-0.15, -0.1) is 0 Å². The van der Waals surface area contributed by atoms with E-state index in [4.69, 9.17) is 15.0 Å². The van der Waals surface area contributed by atoms with E-state index in [1.54, 1.807) is 0 Å². The van der Waals surface area contributed by atoms with Crippen molar-refractivity contribution in [3.05, 3.63) is 187 Å². The fraction of sp³-hybridized carbons (Fsp3) is 0.136. The van der Waals surface area contributed by atoms with Crippen molar-refractivity contribution in [1.82, 2.24) is 24.1 Å². The fourth-order valence-corrected chi connectivity index (χ4v) is 11.0. The molecular weight excluding hydrogens is 779 g/mol. The SMILES string of the molecule is CC1(C)CCC(C)(C)c2cc3c(cc21)c1c2c4c5ccccc5ccc4n(-c4nc(-c5ccccc5)nc(-c5ccc6ccc7ccccc7c6c5)n4)c2ccc1n3-c1ccccc1. The molecule has 3 aromatic heterocycles. The molecule has 13 rings (SSSR count). The van der Waals surface area contributed by atoms with E-state index in [9.17, 15) is 0 Å². The first-order valence-electron chi connectivity index (χ1n) is 22.5. The summed E-state index contributed by atoms with van der Waals surface area (Å²) in [6.07, 6.45) is 2.30. The Morgan fingerprint density at radius 2 is 0.891 bits per heavy atom. The van der Waals surface area contributed by atoms with Gasteiger partial charge >= 0.3 is 0 Å². The van der Waals surface area contributed by atoms with Gasteiger partial charge in [0.05, 0.1) is 22.1 Å². The molecule has 64 heavy (non-hydrogen) atoms. The van der Waals surface area contributed by atoms with Gasteiger partial charge in [0.25, 0.3) is 0 Å². The van der Waals surface area contributed by atoms with E-state index in [0.29, 0.717) is 17.6 Å². The van der Waals surface area contributed by atoms with Crippen LogP contribution in [0.2, 0.25) is 0 Å². The summed E-state index contributed by atoms with van der Waals surface area (Å²) < 4.78 is 4.79. The number of benzene rings is 9. The first kappa shape index (κ1) is 37.0. The Kier molecular flexibility index (Phi) is 7.76. The van der Waals surface area contributed by atoms with Crippen LogP contribution in [0.15, 0.2) is 176 Å². The first-order valence-corrected chi connectivity index (χ1v) is 22.5. The number of nitrogens with zero attached hydrogens (tertiary/aromatic N) is 5. The van der Waals surface area contributed by atoms with Crippen LogP contribution in [0.25, 0.3) is 110 Å². The van der Waals surface area contributed by atoms with Crippen molar-refractivity contribution >= 4 is 75.9 Å². The Morgan fingerprint density at radius 1 is 0.375 bits per heavy atom. The van der Waals surface area contributed by atoms with E-state index in [2.05, 4.69) is 195 Å². The quantitative estimate of drug-likeness (QED) is 0.166. The zero-order valence-corrected chi connectivity index (χ0v) is 36.4. The van der Waals surface area contributed by atoms with Gasteiger partial charge in [-0.2, -0.15) is 9.97 Å². The topological polar surface area (TPSA) is 48.5 Å². The van der Waals surface area contributed by atoms with E-state index in [0.717, 1.165) is 40.7 Å². The second-order valence-corrected chi connectivity index (χ2v) is 19.1. The van der Waals surface area contributed by atoms with Crippen molar-refractivity contribution in [2.45, 2.75) is 51.4 Å². The van der Waals surface area contributed by atoms with E-state index >= 15 is 0 Å². The molecule has 12 aromatic rings. The predicted molar refractivity (Wildman–Crippen MR) is 267 cm³/mol. The Balaban J connectivity index is 1.18. The number of para-hydroxylation sites is 1. The Morgan fingerprint density at radius 3 is 1.62 bits per heavy atom. The number of hydrogen-bond donors (Lipinski definition) is 0. The fourth-order valence-electron chi connectivity index (χ4n) is 11.0. The maximum atomic E-state index is 5.46. The summed E-state index contributed by atoms with van der Waals surface area (Å²) in [6, 6.07) is 63.8. The average Bonchev–Trinajstić information content (AvgIpc) is 3.85. The molecule has 0 aliphatic heterocycles. The lowest BCUT2D eigenvalue weighted by atomic mass is 9.63. The Hall–Kier alpha value is -7.63. The molecule has 0 spiro atoms. The molecule has 0 radical (unpaired) electrons. The third-order valence-electron chi connectivity index (χ3n) is 14.4.